The molecule has 27 heavy (non-hydrogen) atoms. The van der Waals surface area contributed by atoms with Crippen molar-refractivity contribution >= 4 is 11.5 Å². The van der Waals surface area contributed by atoms with Crippen LogP contribution in [0.3, 0.4) is 0 Å². The molecule has 0 radical (unpaired) electrons. The van der Waals surface area contributed by atoms with E-state index in [4.69, 9.17) is 4.74 Å². The lowest BCUT2D eigenvalue weighted by Gasteiger charge is -2.09. The number of aromatic hydroxyl groups is 1. The number of phenols is 1. The van der Waals surface area contributed by atoms with Gasteiger partial charge in [-0.3, -0.25) is 24.5 Å². The fraction of sp³-hybridized carbons (Fsp3) is 0.375. The SMILES string of the molecule is Cn1c(=O)cc(NCCNCCCOc2ccc([N+](=O)[O-])cc2O)[nH]c1=O. The van der Waals surface area contributed by atoms with Gasteiger partial charge in [-0.15, -0.1) is 0 Å². The topological polar surface area (TPSA) is 152 Å². The molecule has 0 aliphatic heterocycles. The number of aromatic nitrogens is 2. The molecule has 0 unspecified atom stereocenters. The lowest BCUT2D eigenvalue weighted by molar-refractivity contribution is -0.385. The number of phenolic OH excluding ortho intramolecular Hbond substituents is 1. The predicted molar refractivity (Wildman–Crippen MR) is 98.5 cm³/mol. The second kappa shape index (κ2) is 9.38. The van der Waals surface area contributed by atoms with Crippen LogP contribution in [0.5, 0.6) is 11.5 Å². The molecule has 4 N–H and O–H groups in total. The zero-order valence-electron chi connectivity index (χ0n) is 14.7. The Hall–Kier alpha value is -3.34. The van der Waals surface area contributed by atoms with Gasteiger partial charge in [0.05, 0.1) is 17.6 Å². The van der Waals surface area contributed by atoms with E-state index < -0.39 is 10.6 Å². The van der Waals surface area contributed by atoms with E-state index >= 15 is 0 Å². The van der Waals surface area contributed by atoms with E-state index in [0.29, 0.717) is 38.5 Å². The van der Waals surface area contributed by atoms with Gasteiger partial charge in [0.1, 0.15) is 5.82 Å². The lowest BCUT2D eigenvalue weighted by atomic mass is 10.3. The molecule has 11 heteroatoms. The Morgan fingerprint density at radius 2 is 2.04 bits per heavy atom. The van der Waals surface area contributed by atoms with Crippen molar-refractivity contribution in [2.24, 2.45) is 7.05 Å². The number of benzene rings is 1. The minimum absolute atomic E-state index is 0.192. The van der Waals surface area contributed by atoms with E-state index in [0.717, 1.165) is 10.6 Å². The fourth-order valence-electron chi connectivity index (χ4n) is 2.18. The highest BCUT2D eigenvalue weighted by molar-refractivity contribution is 5.47. The molecule has 0 amide bonds. The Kier molecular flexibility index (Phi) is 6.94. The highest BCUT2D eigenvalue weighted by atomic mass is 16.6. The first-order valence-electron chi connectivity index (χ1n) is 8.23. The maximum Gasteiger partial charge on any atom is 0.329 e. The molecule has 0 atom stereocenters. The number of H-pyrrole nitrogens is 1. The second-order valence-corrected chi connectivity index (χ2v) is 5.67. The number of non-ortho nitro benzene ring substituents is 1. The summed E-state index contributed by atoms with van der Waals surface area (Å²) < 4.78 is 6.36. The van der Waals surface area contributed by atoms with Gasteiger partial charge in [0, 0.05) is 32.3 Å². The summed E-state index contributed by atoms with van der Waals surface area (Å²) in [6, 6.07) is 4.97. The predicted octanol–water partition coefficient (Wildman–Crippen LogP) is 0.158. The molecule has 0 fully saturated rings. The normalized spacial score (nSPS) is 10.6. The standard InChI is InChI=1S/C16H21N5O6/c1-20-15(23)10-14(19-16(20)24)18-7-6-17-5-2-8-27-13-4-3-11(21(25)26)9-12(13)22/h3-4,9-10,17-18,22H,2,5-8H2,1H3,(H,19,24). The molecule has 0 aliphatic carbocycles. The zero-order valence-corrected chi connectivity index (χ0v) is 14.7. The molecule has 11 nitrogen and oxygen atoms in total. The first-order chi connectivity index (χ1) is 12.9. The van der Waals surface area contributed by atoms with Crippen LogP contribution in [-0.2, 0) is 7.05 Å². The van der Waals surface area contributed by atoms with Gasteiger partial charge in [0.2, 0.25) is 0 Å². The molecule has 1 heterocycles. The average molecular weight is 379 g/mol. The van der Waals surface area contributed by atoms with Gasteiger partial charge < -0.3 is 20.5 Å². The Morgan fingerprint density at radius 1 is 1.26 bits per heavy atom. The van der Waals surface area contributed by atoms with E-state index in [1.807, 2.05) is 0 Å². The van der Waals surface area contributed by atoms with Crippen molar-refractivity contribution in [1.29, 1.82) is 0 Å². The number of nitro groups is 1. The summed E-state index contributed by atoms with van der Waals surface area (Å²) in [4.78, 5) is 35.5. The number of nitrogens with zero attached hydrogens (tertiary/aromatic N) is 2. The largest absolute Gasteiger partial charge is 0.504 e. The summed E-state index contributed by atoms with van der Waals surface area (Å²) in [6.07, 6.45) is 0.652. The van der Waals surface area contributed by atoms with Crippen LogP contribution in [0.25, 0.3) is 0 Å². The van der Waals surface area contributed by atoms with Crippen LogP contribution < -0.4 is 26.6 Å². The minimum atomic E-state index is -0.593. The molecule has 0 spiro atoms. The molecule has 2 rings (SSSR count). The molecular formula is C16H21N5O6. The van der Waals surface area contributed by atoms with Crippen molar-refractivity contribution in [3.05, 3.63) is 55.2 Å². The van der Waals surface area contributed by atoms with Crippen molar-refractivity contribution in [2.75, 3.05) is 31.6 Å². The van der Waals surface area contributed by atoms with Crippen LogP contribution in [0.15, 0.2) is 33.9 Å². The fourth-order valence-corrected chi connectivity index (χ4v) is 2.18. The second-order valence-electron chi connectivity index (χ2n) is 5.67. The first kappa shape index (κ1) is 20.0. The molecule has 0 saturated carbocycles. The Morgan fingerprint density at radius 3 is 2.70 bits per heavy atom. The van der Waals surface area contributed by atoms with Crippen LogP contribution in [-0.4, -0.2) is 45.8 Å². The molecule has 0 bridgehead atoms. The van der Waals surface area contributed by atoms with Crippen LogP contribution in [0.1, 0.15) is 6.42 Å². The number of nitrogens with one attached hydrogen (secondary N) is 3. The highest BCUT2D eigenvalue weighted by Crippen LogP contribution is 2.29. The minimum Gasteiger partial charge on any atom is -0.504 e. The number of aromatic amines is 1. The molecular weight excluding hydrogens is 358 g/mol. The molecule has 0 aliphatic rings. The van der Waals surface area contributed by atoms with E-state index in [1.165, 1.54) is 25.2 Å². The Labute approximate surface area is 153 Å². The van der Waals surface area contributed by atoms with Gasteiger partial charge in [0.15, 0.2) is 11.5 Å². The molecule has 1 aromatic carbocycles. The number of ether oxygens (including phenoxy) is 1. The third-order valence-electron chi connectivity index (χ3n) is 3.67. The van der Waals surface area contributed by atoms with Crippen molar-refractivity contribution < 1.29 is 14.8 Å². The quantitative estimate of drug-likeness (QED) is 0.259. The average Bonchev–Trinajstić information content (AvgIpc) is 2.62. The monoisotopic (exact) mass is 379 g/mol. The smallest absolute Gasteiger partial charge is 0.329 e. The van der Waals surface area contributed by atoms with Gasteiger partial charge >= 0.3 is 5.69 Å². The van der Waals surface area contributed by atoms with E-state index in [1.54, 1.807) is 0 Å². The van der Waals surface area contributed by atoms with Gasteiger partial charge in [-0.25, -0.2) is 4.79 Å². The van der Waals surface area contributed by atoms with Gasteiger partial charge in [-0.1, -0.05) is 0 Å². The highest BCUT2D eigenvalue weighted by Gasteiger charge is 2.10. The molecule has 0 saturated heterocycles. The van der Waals surface area contributed by atoms with Crippen LogP contribution in [0.4, 0.5) is 11.5 Å². The maximum atomic E-state index is 11.5. The summed E-state index contributed by atoms with van der Waals surface area (Å²) in [5.74, 6) is 0.281. The van der Waals surface area contributed by atoms with Crippen molar-refractivity contribution in [1.82, 2.24) is 14.9 Å². The summed E-state index contributed by atoms with van der Waals surface area (Å²) in [5.41, 5.74) is -1.07. The van der Waals surface area contributed by atoms with E-state index in [-0.39, 0.29) is 22.7 Å². The summed E-state index contributed by atoms with van der Waals surface area (Å²) >= 11 is 0. The number of hydrogen-bond donors (Lipinski definition) is 4. The molecule has 2 aromatic rings. The Balaban J connectivity index is 1.62. The van der Waals surface area contributed by atoms with Crippen molar-refractivity contribution in [3.63, 3.8) is 0 Å². The van der Waals surface area contributed by atoms with Gasteiger partial charge in [-0.05, 0) is 19.0 Å². The summed E-state index contributed by atoms with van der Waals surface area (Å²) in [7, 11) is 1.39. The number of hydrogen-bond acceptors (Lipinski definition) is 8. The van der Waals surface area contributed by atoms with Crippen LogP contribution in [0, 0.1) is 10.1 Å². The van der Waals surface area contributed by atoms with Crippen LogP contribution >= 0.6 is 0 Å². The number of anilines is 1. The lowest BCUT2D eigenvalue weighted by Crippen LogP contribution is -2.33. The van der Waals surface area contributed by atoms with E-state index in [9.17, 15) is 24.8 Å². The van der Waals surface area contributed by atoms with Crippen molar-refractivity contribution in [3.8, 4) is 11.5 Å². The zero-order chi connectivity index (χ0) is 19.8. The number of rotatable bonds is 10. The Bertz CT molecular complexity index is 876. The summed E-state index contributed by atoms with van der Waals surface area (Å²) in [5, 5.41) is 26.4. The molecule has 1 aromatic heterocycles. The molecule has 146 valence electrons. The van der Waals surface area contributed by atoms with E-state index in [2.05, 4.69) is 15.6 Å². The third-order valence-corrected chi connectivity index (χ3v) is 3.67. The third kappa shape index (κ3) is 5.85. The van der Waals surface area contributed by atoms with Gasteiger partial charge in [0.25, 0.3) is 11.2 Å². The maximum absolute atomic E-state index is 11.5. The van der Waals surface area contributed by atoms with Gasteiger partial charge in [-0.2, -0.15) is 0 Å². The number of nitro benzene ring substituents is 1. The first-order valence-corrected chi connectivity index (χ1v) is 8.23. The summed E-state index contributed by atoms with van der Waals surface area (Å²) in [6.45, 7) is 2.07. The van der Waals surface area contributed by atoms with Crippen LogP contribution in [0.2, 0.25) is 0 Å². The van der Waals surface area contributed by atoms with Crippen molar-refractivity contribution in [2.45, 2.75) is 6.42 Å².